The maximum Gasteiger partial charge on any atom is 0.248 e. The minimum absolute atomic E-state index is 0.124. The highest BCUT2D eigenvalue weighted by Gasteiger charge is 2.42. The zero-order valence-electron chi connectivity index (χ0n) is 19.9. The summed E-state index contributed by atoms with van der Waals surface area (Å²) in [6, 6.07) is 7.68. The molecule has 7 nitrogen and oxygen atoms in total. The third kappa shape index (κ3) is 6.10. The molecule has 3 heterocycles. The fraction of sp³-hybridized carbons (Fsp3) is 0.680. The predicted molar refractivity (Wildman–Crippen MR) is 132 cm³/mol. The molecular formula is C25H37N3O4S. The standard InChI is InChI=1S/C25H37N3O4S/c1-19(2)23-26-21(17-33-23)24(30)28-13-16-32-25(18-28)8-10-27(11-9-25)12-15-31-22-6-4-3-5-20(22)7-14-29/h3-6,19,21,29H,7-18H2,1-2H3. The Balaban J connectivity index is 1.24. The Kier molecular flexibility index (Phi) is 8.33. The number of piperidine rings is 1. The number of likely N-dealkylation sites (tertiary alicyclic amines) is 1. The predicted octanol–water partition coefficient (Wildman–Crippen LogP) is 2.46. The Morgan fingerprint density at radius 3 is 2.82 bits per heavy atom. The summed E-state index contributed by atoms with van der Waals surface area (Å²) in [6.07, 6.45) is 2.47. The molecule has 0 aliphatic carbocycles. The van der Waals surface area contributed by atoms with Crippen molar-refractivity contribution in [1.29, 1.82) is 0 Å². The second-order valence-corrected chi connectivity index (χ2v) is 10.6. The van der Waals surface area contributed by atoms with Gasteiger partial charge in [0, 0.05) is 51.0 Å². The number of aliphatic hydroxyl groups is 1. The van der Waals surface area contributed by atoms with Crippen molar-refractivity contribution < 1.29 is 19.4 Å². The number of thioether (sulfide) groups is 1. The van der Waals surface area contributed by atoms with Crippen LogP contribution in [-0.4, -0.2) is 95.8 Å². The normalized spacial score (nSPS) is 23.2. The smallest absolute Gasteiger partial charge is 0.248 e. The average Bonchev–Trinajstić information content (AvgIpc) is 3.32. The summed E-state index contributed by atoms with van der Waals surface area (Å²) < 4.78 is 12.3. The van der Waals surface area contributed by atoms with Crippen molar-refractivity contribution in [1.82, 2.24) is 9.80 Å². The van der Waals surface area contributed by atoms with E-state index in [1.54, 1.807) is 11.8 Å². The van der Waals surface area contributed by atoms with Crippen LogP contribution in [0.2, 0.25) is 0 Å². The number of nitrogens with zero attached hydrogens (tertiary/aromatic N) is 3. The monoisotopic (exact) mass is 475 g/mol. The SMILES string of the molecule is CC(C)C1=NC(C(=O)N2CCOC3(CCN(CCOc4ccccc4CCO)CC3)C2)CS1. The van der Waals surface area contributed by atoms with Gasteiger partial charge in [-0.2, -0.15) is 0 Å². The van der Waals surface area contributed by atoms with E-state index in [-0.39, 0.29) is 24.2 Å². The largest absolute Gasteiger partial charge is 0.492 e. The van der Waals surface area contributed by atoms with Crippen molar-refractivity contribution in [2.24, 2.45) is 10.9 Å². The number of carbonyl (C=O) groups excluding carboxylic acids is 1. The highest BCUT2D eigenvalue weighted by atomic mass is 32.2. The van der Waals surface area contributed by atoms with Crippen LogP contribution < -0.4 is 4.74 Å². The van der Waals surface area contributed by atoms with Gasteiger partial charge in [-0.1, -0.05) is 32.0 Å². The fourth-order valence-corrected chi connectivity index (χ4v) is 5.90. The van der Waals surface area contributed by atoms with Crippen molar-refractivity contribution in [3.05, 3.63) is 29.8 Å². The van der Waals surface area contributed by atoms with Crippen molar-refractivity contribution in [3.63, 3.8) is 0 Å². The molecule has 33 heavy (non-hydrogen) atoms. The van der Waals surface area contributed by atoms with E-state index in [0.29, 0.717) is 38.6 Å². The van der Waals surface area contributed by atoms with Crippen LogP contribution >= 0.6 is 11.8 Å². The topological polar surface area (TPSA) is 74.6 Å². The molecule has 1 N–H and O–H groups in total. The molecule has 2 fully saturated rings. The van der Waals surface area contributed by atoms with Gasteiger partial charge in [-0.25, -0.2) is 0 Å². The van der Waals surface area contributed by atoms with Crippen molar-refractivity contribution >= 4 is 22.7 Å². The Hall–Kier alpha value is -1.61. The molecule has 1 aromatic carbocycles. The van der Waals surface area contributed by atoms with E-state index >= 15 is 0 Å². The van der Waals surface area contributed by atoms with Gasteiger partial charge in [-0.05, 0) is 30.9 Å². The first-order valence-electron chi connectivity index (χ1n) is 12.2. The number of ether oxygens (including phenoxy) is 2. The first-order chi connectivity index (χ1) is 16.0. The Morgan fingerprint density at radius 1 is 1.30 bits per heavy atom. The molecule has 3 aliphatic rings. The molecule has 1 spiro atoms. The van der Waals surface area contributed by atoms with Crippen LogP contribution in [0.4, 0.5) is 0 Å². The van der Waals surface area contributed by atoms with E-state index in [4.69, 9.17) is 14.5 Å². The summed E-state index contributed by atoms with van der Waals surface area (Å²) in [5.41, 5.74) is 0.818. The summed E-state index contributed by atoms with van der Waals surface area (Å²) in [7, 11) is 0. The Morgan fingerprint density at radius 2 is 2.09 bits per heavy atom. The molecule has 2 saturated heterocycles. The number of rotatable bonds is 8. The first kappa shape index (κ1) is 24.5. The number of carbonyl (C=O) groups is 1. The van der Waals surface area contributed by atoms with Gasteiger partial charge in [-0.15, -0.1) is 11.8 Å². The van der Waals surface area contributed by atoms with E-state index < -0.39 is 0 Å². The van der Waals surface area contributed by atoms with Gasteiger partial charge in [0.2, 0.25) is 5.91 Å². The lowest BCUT2D eigenvalue weighted by Crippen LogP contribution is -2.59. The van der Waals surface area contributed by atoms with Gasteiger partial charge in [-0.3, -0.25) is 14.7 Å². The molecule has 8 heteroatoms. The molecule has 1 atom stereocenters. The number of benzene rings is 1. The highest BCUT2D eigenvalue weighted by molar-refractivity contribution is 8.14. The molecule has 0 saturated carbocycles. The third-order valence-electron chi connectivity index (χ3n) is 6.80. The van der Waals surface area contributed by atoms with Crippen LogP contribution in [0.3, 0.4) is 0 Å². The minimum atomic E-state index is -0.228. The van der Waals surface area contributed by atoms with Gasteiger partial charge >= 0.3 is 0 Å². The summed E-state index contributed by atoms with van der Waals surface area (Å²) in [6.45, 7) is 9.71. The lowest BCUT2D eigenvalue weighted by molar-refractivity contribution is -0.160. The van der Waals surface area contributed by atoms with Crippen LogP contribution in [0, 0.1) is 5.92 Å². The quantitative estimate of drug-likeness (QED) is 0.623. The van der Waals surface area contributed by atoms with Crippen molar-refractivity contribution in [3.8, 4) is 5.75 Å². The lowest BCUT2D eigenvalue weighted by atomic mass is 9.89. The van der Waals surface area contributed by atoms with E-state index in [1.807, 2.05) is 29.2 Å². The molecule has 1 unspecified atom stereocenters. The second-order valence-electron chi connectivity index (χ2n) is 9.51. The summed E-state index contributed by atoms with van der Waals surface area (Å²) in [4.78, 5) is 22.2. The number of morpholine rings is 1. The molecule has 1 amide bonds. The Labute approximate surface area is 201 Å². The third-order valence-corrected chi connectivity index (χ3v) is 8.15. The summed E-state index contributed by atoms with van der Waals surface area (Å²) in [5.74, 6) is 2.18. The number of hydrogen-bond donors (Lipinski definition) is 1. The summed E-state index contributed by atoms with van der Waals surface area (Å²) >= 11 is 1.73. The van der Waals surface area contributed by atoms with Gasteiger partial charge in [0.25, 0.3) is 0 Å². The Bertz CT molecular complexity index is 839. The zero-order chi connectivity index (χ0) is 23.3. The van der Waals surface area contributed by atoms with Crippen LogP contribution in [-0.2, 0) is 16.0 Å². The molecule has 0 radical (unpaired) electrons. The van der Waals surface area contributed by atoms with Crippen LogP contribution in [0.1, 0.15) is 32.3 Å². The molecule has 1 aromatic rings. The van der Waals surface area contributed by atoms with Crippen molar-refractivity contribution in [2.45, 2.75) is 44.8 Å². The van der Waals surface area contributed by atoms with Crippen LogP contribution in [0.25, 0.3) is 0 Å². The molecule has 182 valence electrons. The van der Waals surface area contributed by atoms with E-state index in [1.165, 1.54) is 0 Å². The zero-order valence-corrected chi connectivity index (χ0v) is 20.7. The molecule has 3 aliphatic heterocycles. The van der Waals surface area contributed by atoms with Gasteiger partial charge in [0.1, 0.15) is 18.4 Å². The maximum absolute atomic E-state index is 13.1. The van der Waals surface area contributed by atoms with Crippen molar-refractivity contribution in [2.75, 3.05) is 58.3 Å². The van der Waals surface area contributed by atoms with Crippen LogP contribution in [0.5, 0.6) is 5.75 Å². The van der Waals surface area contributed by atoms with E-state index in [2.05, 4.69) is 18.7 Å². The van der Waals surface area contributed by atoms with E-state index in [0.717, 1.165) is 54.6 Å². The van der Waals surface area contributed by atoms with E-state index in [9.17, 15) is 9.90 Å². The average molecular weight is 476 g/mol. The van der Waals surface area contributed by atoms with Gasteiger partial charge in [0.05, 0.1) is 17.3 Å². The molecule has 0 aromatic heterocycles. The highest BCUT2D eigenvalue weighted by Crippen LogP contribution is 2.32. The lowest BCUT2D eigenvalue weighted by Gasteiger charge is -2.47. The number of aliphatic hydroxyl groups excluding tert-OH is 1. The first-order valence-corrected chi connectivity index (χ1v) is 13.2. The minimum Gasteiger partial charge on any atom is -0.492 e. The molecule has 0 bridgehead atoms. The molecular weight excluding hydrogens is 438 g/mol. The van der Waals surface area contributed by atoms with Crippen LogP contribution in [0.15, 0.2) is 29.3 Å². The number of aliphatic imine (C=N–C) groups is 1. The second kappa shape index (κ2) is 11.2. The van der Waals surface area contributed by atoms with Gasteiger partial charge < -0.3 is 19.5 Å². The number of hydrogen-bond acceptors (Lipinski definition) is 7. The maximum atomic E-state index is 13.1. The van der Waals surface area contributed by atoms with Gasteiger partial charge in [0.15, 0.2) is 0 Å². The number of para-hydroxylation sites is 1. The fourth-order valence-electron chi connectivity index (χ4n) is 4.82. The molecule has 4 rings (SSSR count). The summed E-state index contributed by atoms with van der Waals surface area (Å²) in [5, 5.41) is 10.3. The number of amides is 1.